The molecule has 1 saturated carbocycles. The number of fused-ring (bicyclic) bond motifs is 3. The van der Waals surface area contributed by atoms with Gasteiger partial charge in [-0.2, -0.15) is 0 Å². The van der Waals surface area contributed by atoms with E-state index in [0.717, 1.165) is 24.0 Å². The molecule has 2 aliphatic carbocycles. The summed E-state index contributed by atoms with van der Waals surface area (Å²) in [7, 11) is 0. The van der Waals surface area contributed by atoms with Gasteiger partial charge in [0.2, 0.25) is 5.91 Å². The van der Waals surface area contributed by atoms with Crippen LogP contribution in [0.2, 0.25) is 0 Å². The molecule has 186 valence electrons. The molecule has 35 heavy (non-hydrogen) atoms. The number of ether oxygens (including phenoxy) is 1. The Morgan fingerprint density at radius 2 is 1.63 bits per heavy atom. The lowest BCUT2D eigenvalue weighted by molar-refractivity contribution is -0.138. The molecule has 0 aliphatic heterocycles. The topological polar surface area (TPSA) is 95.9 Å². The number of carboxylic acids is 1. The van der Waals surface area contributed by atoms with Gasteiger partial charge >= 0.3 is 12.1 Å². The summed E-state index contributed by atoms with van der Waals surface area (Å²) in [4.78, 5) is 38.4. The maximum absolute atomic E-state index is 13.0. The molecular weight excluding hydrogens is 444 g/mol. The molecule has 4 rings (SSSR count). The van der Waals surface area contributed by atoms with Gasteiger partial charge < -0.3 is 20.1 Å². The first-order valence-electron chi connectivity index (χ1n) is 12.4. The molecule has 0 unspecified atom stereocenters. The highest BCUT2D eigenvalue weighted by Gasteiger charge is 2.31. The van der Waals surface area contributed by atoms with Gasteiger partial charge in [0.05, 0.1) is 6.42 Å². The van der Waals surface area contributed by atoms with Crippen LogP contribution < -0.4 is 5.32 Å². The summed E-state index contributed by atoms with van der Waals surface area (Å²) in [5.41, 5.74) is 4.62. The van der Waals surface area contributed by atoms with Crippen LogP contribution in [0, 0.1) is 11.8 Å². The molecular formula is C28H34N2O5. The molecule has 2 aromatic carbocycles. The summed E-state index contributed by atoms with van der Waals surface area (Å²) in [5, 5.41) is 11.9. The largest absolute Gasteiger partial charge is 0.481 e. The third-order valence-corrected chi connectivity index (χ3v) is 6.97. The predicted octanol–water partition coefficient (Wildman–Crippen LogP) is 4.65. The third-order valence-electron chi connectivity index (χ3n) is 6.97. The lowest BCUT2D eigenvalue weighted by Crippen LogP contribution is -2.44. The zero-order valence-corrected chi connectivity index (χ0v) is 20.4. The molecule has 0 bridgehead atoms. The molecule has 0 radical (unpaired) electrons. The van der Waals surface area contributed by atoms with Crippen molar-refractivity contribution < 1.29 is 24.2 Å². The van der Waals surface area contributed by atoms with Gasteiger partial charge in [0, 0.05) is 31.5 Å². The standard InChI is InChI=1S/C28H34N2O5/c1-18(2)25(15-26(31)30(14-13-27(32)33)16-19-11-12-19)29-28(34)35-17-24-22-9-5-3-7-20(22)21-8-4-6-10-23(21)24/h3-10,18-19,24-25H,11-17H2,1-2H3,(H,29,34)(H,32,33)/t25-/m1/s1. The van der Waals surface area contributed by atoms with Gasteiger partial charge in [-0.3, -0.25) is 9.59 Å². The molecule has 0 heterocycles. The Kier molecular flexibility index (Phi) is 7.73. The number of alkyl carbamates (subject to hydrolysis) is 1. The summed E-state index contributed by atoms with van der Waals surface area (Å²) in [6, 6.07) is 15.9. The maximum Gasteiger partial charge on any atom is 0.407 e. The van der Waals surface area contributed by atoms with E-state index in [1.807, 2.05) is 38.1 Å². The van der Waals surface area contributed by atoms with E-state index in [4.69, 9.17) is 9.84 Å². The van der Waals surface area contributed by atoms with E-state index in [1.165, 1.54) is 11.1 Å². The zero-order valence-electron chi connectivity index (χ0n) is 20.4. The monoisotopic (exact) mass is 478 g/mol. The summed E-state index contributed by atoms with van der Waals surface area (Å²) in [5.74, 6) is -0.606. The number of hydrogen-bond acceptors (Lipinski definition) is 4. The molecule has 2 aromatic rings. The van der Waals surface area contributed by atoms with E-state index < -0.39 is 18.1 Å². The normalized spacial score (nSPS) is 15.3. The van der Waals surface area contributed by atoms with Crippen LogP contribution in [-0.4, -0.2) is 53.7 Å². The lowest BCUT2D eigenvalue weighted by atomic mass is 9.98. The van der Waals surface area contributed by atoms with Crippen molar-refractivity contribution in [2.45, 2.75) is 51.5 Å². The van der Waals surface area contributed by atoms with Crippen molar-refractivity contribution in [3.63, 3.8) is 0 Å². The highest BCUT2D eigenvalue weighted by molar-refractivity contribution is 5.80. The zero-order chi connectivity index (χ0) is 24.9. The van der Waals surface area contributed by atoms with E-state index in [2.05, 4.69) is 29.6 Å². The lowest BCUT2D eigenvalue weighted by Gasteiger charge is -2.27. The number of carbonyl (C=O) groups excluding carboxylic acids is 2. The van der Waals surface area contributed by atoms with Crippen LogP contribution in [-0.2, 0) is 14.3 Å². The van der Waals surface area contributed by atoms with Gasteiger partial charge in [-0.15, -0.1) is 0 Å². The van der Waals surface area contributed by atoms with E-state index in [9.17, 15) is 14.4 Å². The number of nitrogens with one attached hydrogen (secondary N) is 1. The second kappa shape index (κ2) is 10.9. The maximum atomic E-state index is 13.0. The molecule has 0 saturated heterocycles. The second-order valence-corrected chi connectivity index (χ2v) is 9.95. The highest BCUT2D eigenvalue weighted by Crippen LogP contribution is 2.44. The van der Waals surface area contributed by atoms with Gasteiger partial charge in [-0.25, -0.2) is 4.79 Å². The number of rotatable bonds is 11. The van der Waals surface area contributed by atoms with Gasteiger partial charge in [-0.05, 0) is 46.9 Å². The smallest absolute Gasteiger partial charge is 0.407 e. The summed E-state index contributed by atoms with van der Waals surface area (Å²) in [6.45, 7) is 4.89. The Balaban J connectivity index is 1.36. The summed E-state index contributed by atoms with van der Waals surface area (Å²) < 4.78 is 5.66. The first-order valence-corrected chi connectivity index (χ1v) is 12.4. The molecule has 0 spiro atoms. The second-order valence-electron chi connectivity index (χ2n) is 9.95. The third kappa shape index (κ3) is 6.21. The molecule has 1 fully saturated rings. The van der Waals surface area contributed by atoms with Crippen LogP contribution >= 0.6 is 0 Å². The molecule has 1 atom stereocenters. The van der Waals surface area contributed by atoms with E-state index in [-0.39, 0.29) is 43.7 Å². The van der Waals surface area contributed by atoms with Gasteiger partial charge in [-0.1, -0.05) is 62.4 Å². The molecule has 2 amide bonds. The molecule has 2 N–H and O–H groups in total. The average Bonchev–Trinajstić information content (AvgIpc) is 3.60. The predicted molar refractivity (Wildman–Crippen MR) is 133 cm³/mol. The van der Waals surface area contributed by atoms with Crippen molar-refractivity contribution in [3.05, 3.63) is 59.7 Å². The van der Waals surface area contributed by atoms with E-state index in [1.54, 1.807) is 4.90 Å². The number of nitrogens with zero attached hydrogens (tertiary/aromatic N) is 1. The minimum absolute atomic E-state index is 0.0154. The Bertz CT molecular complexity index is 1030. The Morgan fingerprint density at radius 1 is 1.03 bits per heavy atom. The van der Waals surface area contributed by atoms with Gasteiger partial charge in [0.1, 0.15) is 6.61 Å². The van der Waals surface area contributed by atoms with Crippen LogP contribution in [0.15, 0.2) is 48.5 Å². The van der Waals surface area contributed by atoms with E-state index >= 15 is 0 Å². The van der Waals surface area contributed by atoms with Crippen molar-refractivity contribution in [1.82, 2.24) is 10.2 Å². The number of carboxylic acid groups (broad SMARTS) is 1. The number of carbonyl (C=O) groups is 3. The number of hydrogen-bond donors (Lipinski definition) is 2. The van der Waals surface area contributed by atoms with Crippen molar-refractivity contribution in [3.8, 4) is 11.1 Å². The molecule has 7 heteroatoms. The van der Waals surface area contributed by atoms with Crippen LogP contribution in [0.4, 0.5) is 4.79 Å². The van der Waals surface area contributed by atoms with Crippen LogP contribution in [0.5, 0.6) is 0 Å². The highest BCUT2D eigenvalue weighted by atomic mass is 16.5. The quantitative estimate of drug-likeness (QED) is 0.490. The number of aliphatic carboxylic acids is 1. The fourth-order valence-corrected chi connectivity index (χ4v) is 4.72. The SMILES string of the molecule is CC(C)[C@@H](CC(=O)N(CCC(=O)O)CC1CC1)NC(=O)OCC1c2ccccc2-c2ccccc21. The fraction of sp³-hybridized carbons (Fsp3) is 0.464. The van der Waals surface area contributed by atoms with Crippen LogP contribution in [0.25, 0.3) is 11.1 Å². The summed E-state index contributed by atoms with van der Waals surface area (Å²) >= 11 is 0. The molecule has 0 aromatic heterocycles. The van der Waals surface area contributed by atoms with Crippen molar-refractivity contribution in [1.29, 1.82) is 0 Å². The van der Waals surface area contributed by atoms with E-state index in [0.29, 0.717) is 12.5 Å². The Morgan fingerprint density at radius 3 is 2.17 bits per heavy atom. The Hall–Kier alpha value is -3.35. The van der Waals surface area contributed by atoms with Gasteiger partial charge in [0.15, 0.2) is 0 Å². The minimum Gasteiger partial charge on any atom is -0.481 e. The van der Waals surface area contributed by atoms with Crippen molar-refractivity contribution in [2.75, 3.05) is 19.7 Å². The fourth-order valence-electron chi connectivity index (χ4n) is 4.72. The first-order chi connectivity index (χ1) is 16.8. The molecule has 2 aliphatic rings. The average molecular weight is 479 g/mol. The summed E-state index contributed by atoms with van der Waals surface area (Å²) in [6.07, 6.45) is 1.64. The van der Waals surface area contributed by atoms with Crippen LogP contribution in [0.1, 0.15) is 56.6 Å². The van der Waals surface area contributed by atoms with Gasteiger partial charge in [0.25, 0.3) is 0 Å². The number of benzene rings is 2. The minimum atomic E-state index is -0.921. The molecule has 7 nitrogen and oxygen atoms in total. The van der Waals surface area contributed by atoms with Crippen molar-refractivity contribution >= 4 is 18.0 Å². The first kappa shape index (κ1) is 24.8. The van der Waals surface area contributed by atoms with Crippen molar-refractivity contribution in [2.24, 2.45) is 11.8 Å². The number of amides is 2. The Labute approximate surface area is 206 Å². The van der Waals surface area contributed by atoms with Crippen LogP contribution in [0.3, 0.4) is 0 Å².